The van der Waals surface area contributed by atoms with Crippen LogP contribution in [0.3, 0.4) is 0 Å². The Labute approximate surface area is 101 Å². The predicted molar refractivity (Wildman–Crippen MR) is 63.4 cm³/mol. The Morgan fingerprint density at radius 3 is 3.00 bits per heavy atom. The van der Waals surface area contributed by atoms with Gasteiger partial charge in [0.1, 0.15) is 6.33 Å². The highest BCUT2D eigenvalue weighted by Crippen LogP contribution is 2.32. The molecule has 6 heteroatoms. The van der Waals surface area contributed by atoms with Gasteiger partial charge in [0.2, 0.25) is 0 Å². The van der Waals surface area contributed by atoms with Crippen molar-refractivity contribution in [1.29, 1.82) is 0 Å². The van der Waals surface area contributed by atoms with Crippen molar-refractivity contribution in [2.24, 2.45) is 5.73 Å². The molecular formula is C9H8ClN3S2. The van der Waals surface area contributed by atoms with Crippen LogP contribution in [0.4, 0.5) is 0 Å². The van der Waals surface area contributed by atoms with E-state index in [1.807, 2.05) is 18.2 Å². The van der Waals surface area contributed by atoms with Crippen LogP contribution in [0, 0.1) is 0 Å². The lowest BCUT2D eigenvalue weighted by atomic mass is 10.2. The molecule has 1 heterocycles. The summed E-state index contributed by atoms with van der Waals surface area (Å²) >= 11 is 8.82. The number of halogens is 1. The Hall–Kier alpha value is -0.620. The third-order valence-electron chi connectivity index (χ3n) is 1.78. The van der Waals surface area contributed by atoms with Gasteiger partial charge in [-0.1, -0.05) is 23.4 Å². The Bertz CT molecular complexity index is 445. The van der Waals surface area contributed by atoms with E-state index in [1.165, 1.54) is 11.5 Å². The van der Waals surface area contributed by atoms with Gasteiger partial charge in [0, 0.05) is 16.5 Å². The van der Waals surface area contributed by atoms with Gasteiger partial charge in [-0.15, -0.1) is 0 Å². The first-order valence-electron chi connectivity index (χ1n) is 4.22. The molecule has 0 aliphatic carbocycles. The number of benzene rings is 1. The van der Waals surface area contributed by atoms with Gasteiger partial charge >= 0.3 is 0 Å². The van der Waals surface area contributed by atoms with Crippen molar-refractivity contribution in [3.8, 4) is 0 Å². The van der Waals surface area contributed by atoms with E-state index >= 15 is 0 Å². The van der Waals surface area contributed by atoms with E-state index in [9.17, 15) is 0 Å². The summed E-state index contributed by atoms with van der Waals surface area (Å²) in [6.45, 7) is 0.474. The zero-order valence-electron chi connectivity index (χ0n) is 7.68. The van der Waals surface area contributed by atoms with Crippen LogP contribution in [0.5, 0.6) is 0 Å². The molecule has 0 amide bonds. The van der Waals surface area contributed by atoms with Crippen LogP contribution >= 0.6 is 34.9 Å². The van der Waals surface area contributed by atoms with Crippen molar-refractivity contribution in [3.05, 3.63) is 35.1 Å². The van der Waals surface area contributed by atoms with E-state index in [0.29, 0.717) is 11.6 Å². The van der Waals surface area contributed by atoms with Crippen molar-refractivity contribution < 1.29 is 0 Å². The molecule has 0 unspecified atom stereocenters. The minimum Gasteiger partial charge on any atom is -0.326 e. The van der Waals surface area contributed by atoms with Crippen LogP contribution in [0.25, 0.3) is 0 Å². The van der Waals surface area contributed by atoms with Gasteiger partial charge in [0.05, 0.1) is 0 Å². The van der Waals surface area contributed by atoms with Gasteiger partial charge in [0.25, 0.3) is 0 Å². The SMILES string of the molecule is NCc1cc(Cl)ccc1Sc1ncns1. The van der Waals surface area contributed by atoms with E-state index in [0.717, 1.165) is 14.8 Å². The molecule has 3 nitrogen and oxygen atoms in total. The standard InChI is InChI=1S/C9H8ClN3S2/c10-7-1-2-8(6(3-7)4-11)14-9-12-5-13-15-9/h1-3,5H,4,11H2. The molecule has 0 radical (unpaired) electrons. The molecule has 0 aliphatic rings. The lowest BCUT2D eigenvalue weighted by Crippen LogP contribution is -1.98. The quantitative estimate of drug-likeness (QED) is 0.919. The monoisotopic (exact) mass is 257 g/mol. The summed E-state index contributed by atoms with van der Waals surface area (Å²) in [6.07, 6.45) is 1.55. The Morgan fingerprint density at radius 1 is 1.47 bits per heavy atom. The Balaban J connectivity index is 2.28. The van der Waals surface area contributed by atoms with Crippen LogP contribution < -0.4 is 5.73 Å². The molecule has 78 valence electrons. The molecule has 0 spiro atoms. The van der Waals surface area contributed by atoms with Crippen molar-refractivity contribution >= 4 is 34.9 Å². The van der Waals surface area contributed by atoms with Gasteiger partial charge in [-0.25, -0.2) is 4.98 Å². The number of rotatable bonds is 3. The number of nitrogens with zero attached hydrogens (tertiary/aromatic N) is 2. The molecule has 0 bridgehead atoms. The van der Waals surface area contributed by atoms with E-state index in [2.05, 4.69) is 9.36 Å². The molecule has 1 aromatic carbocycles. The Morgan fingerprint density at radius 2 is 2.33 bits per heavy atom. The van der Waals surface area contributed by atoms with Gasteiger partial charge in [-0.05, 0) is 35.3 Å². The first kappa shape index (κ1) is 10.9. The number of nitrogens with two attached hydrogens (primary N) is 1. The highest BCUT2D eigenvalue weighted by atomic mass is 35.5. The molecule has 2 N–H and O–H groups in total. The van der Waals surface area contributed by atoms with Crippen LogP contribution in [0.2, 0.25) is 5.02 Å². The topological polar surface area (TPSA) is 51.8 Å². The van der Waals surface area contributed by atoms with Gasteiger partial charge in [-0.2, -0.15) is 4.37 Å². The predicted octanol–water partition coefficient (Wildman–Crippen LogP) is 2.80. The largest absolute Gasteiger partial charge is 0.326 e. The fourth-order valence-corrected chi connectivity index (χ4v) is 2.83. The fourth-order valence-electron chi connectivity index (χ4n) is 1.11. The average molecular weight is 258 g/mol. The molecule has 0 saturated carbocycles. The van der Waals surface area contributed by atoms with Crippen molar-refractivity contribution in [3.63, 3.8) is 0 Å². The zero-order chi connectivity index (χ0) is 10.7. The molecular weight excluding hydrogens is 250 g/mol. The maximum atomic E-state index is 5.89. The molecule has 2 rings (SSSR count). The van der Waals surface area contributed by atoms with Gasteiger partial charge < -0.3 is 5.73 Å². The summed E-state index contributed by atoms with van der Waals surface area (Å²) in [4.78, 5) is 5.19. The minimum atomic E-state index is 0.474. The van der Waals surface area contributed by atoms with Crippen LogP contribution in [0.1, 0.15) is 5.56 Å². The van der Waals surface area contributed by atoms with E-state index < -0.39 is 0 Å². The first-order chi connectivity index (χ1) is 7.29. The summed E-state index contributed by atoms with van der Waals surface area (Å²) in [5.74, 6) is 0. The van der Waals surface area contributed by atoms with Crippen LogP contribution in [-0.4, -0.2) is 9.36 Å². The maximum Gasteiger partial charge on any atom is 0.174 e. The summed E-state index contributed by atoms with van der Waals surface area (Å²) < 4.78 is 4.85. The van der Waals surface area contributed by atoms with Crippen molar-refractivity contribution in [1.82, 2.24) is 9.36 Å². The lowest BCUT2D eigenvalue weighted by molar-refractivity contribution is 1.03. The summed E-state index contributed by atoms with van der Waals surface area (Å²) in [7, 11) is 0. The molecule has 2 aromatic rings. The lowest BCUT2D eigenvalue weighted by Gasteiger charge is -2.05. The average Bonchev–Trinajstić information content (AvgIpc) is 2.73. The number of hydrogen-bond donors (Lipinski definition) is 1. The van der Waals surface area contributed by atoms with E-state index in [-0.39, 0.29) is 0 Å². The second kappa shape index (κ2) is 4.94. The maximum absolute atomic E-state index is 5.89. The molecule has 0 fully saturated rings. The second-order valence-electron chi connectivity index (χ2n) is 2.77. The third-order valence-corrected chi connectivity index (χ3v) is 3.85. The molecule has 0 aliphatic heterocycles. The molecule has 15 heavy (non-hydrogen) atoms. The van der Waals surface area contributed by atoms with Gasteiger partial charge in [0.15, 0.2) is 4.34 Å². The minimum absolute atomic E-state index is 0.474. The second-order valence-corrected chi connectivity index (χ2v) is 5.27. The smallest absolute Gasteiger partial charge is 0.174 e. The van der Waals surface area contributed by atoms with Crippen molar-refractivity contribution in [2.45, 2.75) is 15.8 Å². The van der Waals surface area contributed by atoms with Crippen molar-refractivity contribution in [2.75, 3.05) is 0 Å². The summed E-state index contributed by atoms with van der Waals surface area (Å²) in [5.41, 5.74) is 6.67. The zero-order valence-corrected chi connectivity index (χ0v) is 10.1. The molecule has 1 aromatic heterocycles. The highest BCUT2D eigenvalue weighted by Gasteiger charge is 2.06. The van der Waals surface area contributed by atoms with Crippen LogP contribution in [-0.2, 0) is 6.54 Å². The summed E-state index contributed by atoms with van der Waals surface area (Å²) in [6, 6.07) is 5.69. The highest BCUT2D eigenvalue weighted by molar-refractivity contribution is 8.01. The van der Waals surface area contributed by atoms with E-state index in [4.69, 9.17) is 17.3 Å². The molecule has 0 saturated heterocycles. The number of aromatic nitrogens is 2. The van der Waals surface area contributed by atoms with E-state index in [1.54, 1.807) is 18.1 Å². The van der Waals surface area contributed by atoms with Crippen LogP contribution in [0.15, 0.2) is 33.8 Å². The fraction of sp³-hybridized carbons (Fsp3) is 0.111. The normalized spacial score (nSPS) is 10.5. The molecule has 0 atom stereocenters. The number of hydrogen-bond acceptors (Lipinski definition) is 5. The first-order valence-corrected chi connectivity index (χ1v) is 6.19. The Kier molecular flexibility index (Phi) is 3.58. The third kappa shape index (κ3) is 2.69. The summed E-state index contributed by atoms with van der Waals surface area (Å²) in [5, 5.41) is 0.706. The van der Waals surface area contributed by atoms with Gasteiger partial charge in [-0.3, -0.25) is 0 Å².